The van der Waals surface area contributed by atoms with Crippen LogP contribution in [0.25, 0.3) is 0 Å². The van der Waals surface area contributed by atoms with Crippen LogP contribution in [0.4, 0.5) is 0 Å². The van der Waals surface area contributed by atoms with Crippen LogP contribution in [0.2, 0.25) is 0 Å². The van der Waals surface area contributed by atoms with E-state index in [9.17, 15) is 14.4 Å². The molecule has 0 fully saturated rings. The average molecular weight is 271 g/mol. The van der Waals surface area contributed by atoms with Gasteiger partial charge in [-0.2, -0.15) is 0 Å². The van der Waals surface area contributed by atoms with Crippen LogP contribution < -0.4 is 16.4 Å². The molecule has 0 saturated heterocycles. The predicted molar refractivity (Wildman–Crippen MR) is 73.2 cm³/mol. The smallest absolute Gasteiger partial charge is 0.240 e. The zero-order valence-corrected chi connectivity index (χ0v) is 11.8. The summed E-state index contributed by atoms with van der Waals surface area (Å²) in [6.07, 6.45) is 5.47. The van der Waals surface area contributed by atoms with E-state index in [0.717, 1.165) is 25.7 Å². The van der Waals surface area contributed by atoms with E-state index in [0.29, 0.717) is 6.42 Å². The van der Waals surface area contributed by atoms with Gasteiger partial charge in [-0.3, -0.25) is 14.4 Å². The molecule has 0 saturated carbocycles. The Morgan fingerprint density at radius 3 is 2.21 bits per heavy atom. The van der Waals surface area contributed by atoms with Gasteiger partial charge in [0.25, 0.3) is 0 Å². The van der Waals surface area contributed by atoms with Crippen molar-refractivity contribution in [3.8, 4) is 0 Å². The molecule has 6 heteroatoms. The van der Waals surface area contributed by atoms with E-state index in [1.54, 1.807) is 0 Å². The summed E-state index contributed by atoms with van der Waals surface area (Å²) in [5.74, 6) is -1.25. The molecule has 19 heavy (non-hydrogen) atoms. The number of unbranched alkanes of at least 4 members (excludes halogenated alkanes) is 4. The summed E-state index contributed by atoms with van der Waals surface area (Å²) >= 11 is 0. The first kappa shape index (κ1) is 17.4. The first-order chi connectivity index (χ1) is 9.01. The molecule has 0 heterocycles. The summed E-state index contributed by atoms with van der Waals surface area (Å²) in [5.41, 5.74) is 5.15. The van der Waals surface area contributed by atoms with E-state index in [-0.39, 0.29) is 18.2 Å². The molecular formula is C13H25N3O3. The van der Waals surface area contributed by atoms with Gasteiger partial charge in [-0.25, -0.2) is 0 Å². The lowest BCUT2D eigenvalue weighted by molar-refractivity contribution is -0.130. The van der Waals surface area contributed by atoms with Crippen LogP contribution in [0.1, 0.15) is 51.9 Å². The van der Waals surface area contributed by atoms with E-state index >= 15 is 0 Å². The number of nitrogens with one attached hydrogen (secondary N) is 2. The van der Waals surface area contributed by atoms with Crippen molar-refractivity contribution in [1.29, 1.82) is 0 Å². The molecule has 4 N–H and O–H groups in total. The molecule has 0 aliphatic heterocycles. The number of primary amides is 1. The Kier molecular flexibility index (Phi) is 9.48. The van der Waals surface area contributed by atoms with Gasteiger partial charge in [-0.1, -0.05) is 32.6 Å². The van der Waals surface area contributed by atoms with E-state index < -0.39 is 11.9 Å². The minimum absolute atomic E-state index is 0.118. The SMILES string of the molecule is CCCCCCCC(=O)N[C@H](CC(=O)NC)C(N)=O. The summed E-state index contributed by atoms with van der Waals surface area (Å²) in [6, 6.07) is -0.928. The number of hydrogen-bond acceptors (Lipinski definition) is 3. The molecule has 0 aromatic heterocycles. The third-order valence-corrected chi connectivity index (χ3v) is 2.85. The van der Waals surface area contributed by atoms with Crippen LogP contribution in [-0.4, -0.2) is 30.8 Å². The molecule has 0 aromatic rings. The van der Waals surface area contributed by atoms with Gasteiger partial charge < -0.3 is 16.4 Å². The van der Waals surface area contributed by atoms with Gasteiger partial charge in [0.15, 0.2) is 0 Å². The Hall–Kier alpha value is -1.59. The van der Waals surface area contributed by atoms with Gasteiger partial charge in [0, 0.05) is 13.5 Å². The molecule has 0 radical (unpaired) electrons. The quantitative estimate of drug-likeness (QED) is 0.503. The van der Waals surface area contributed by atoms with E-state index in [1.165, 1.54) is 13.5 Å². The van der Waals surface area contributed by atoms with Gasteiger partial charge in [-0.05, 0) is 6.42 Å². The molecule has 0 aliphatic rings. The van der Waals surface area contributed by atoms with Gasteiger partial charge in [0.05, 0.1) is 6.42 Å². The second kappa shape index (κ2) is 10.3. The van der Waals surface area contributed by atoms with Gasteiger partial charge in [-0.15, -0.1) is 0 Å². The zero-order chi connectivity index (χ0) is 14.7. The number of carbonyl (C=O) groups excluding carboxylic acids is 3. The van der Waals surface area contributed by atoms with Crippen LogP contribution in [0.3, 0.4) is 0 Å². The van der Waals surface area contributed by atoms with Crippen molar-refractivity contribution < 1.29 is 14.4 Å². The molecular weight excluding hydrogens is 246 g/mol. The molecule has 0 unspecified atom stereocenters. The van der Waals surface area contributed by atoms with E-state index in [1.807, 2.05) is 0 Å². The molecule has 0 aromatic carbocycles. The number of rotatable bonds is 10. The third-order valence-electron chi connectivity index (χ3n) is 2.85. The fourth-order valence-electron chi connectivity index (χ4n) is 1.67. The lowest BCUT2D eigenvalue weighted by Crippen LogP contribution is -2.46. The summed E-state index contributed by atoms with van der Waals surface area (Å²) in [6.45, 7) is 2.13. The molecule has 0 aliphatic carbocycles. The van der Waals surface area contributed by atoms with Crippen molar-refractivity contribution in [1.82, 2.24) is 10.6 Å². The van der Waals surface area contributed by atoms with Crippen LogP contribution in [0, 0.1) is 0 Å². The van der Waals surface area contributed by atoms with Gasteiger partial charge in [0.2, 0.25) is 17.7 Å². The maximum atomic E-state index is 11.6. The van der Waals surface area contributed by atoms with Crippen LogP contribution in [-0.2, 0) is 14.4 Å². The maximum absolute atomic E-state index is 11.6. The molecule has 1 atom stereocenters. The lowest BCUT2D eigenvalue weighted by Gasteiger charge is -2.14. The van der Waals surface area contributed by atoms with Crippen LogP contribution >= 0.6 is 0 Å². The highest BCUT2D eigenvalue weighted by atomic mass is 16.2. The highest BCUT2D eigenvalue weighted by Gasteiger charge is 2.20. The Balaban J connectivity index is 3.97. The fraction of sp³-hybridized carbons (Fsp3) is 0.769. The minimum Gasteiger partial charge on any atom is -0.368 e. The zero-order valence-electron chi connectivity index (χ0n) is 11.8. The molecule has 110 valence electrons. The standard InChI is InChI=1S/C13H25N3O3/c1-3-4-5-6-7-8-11(17)16-10(13(14)19)9-12(18)15-2/h10H,3-9H2,1-2H3,(H2,14,19)(H,15,18)(H,16,17)/t10-/m1/s1. The molecule has 0 bridgehead atoms. The summed E-state index contributed by atoms with van der Waals surface area (Å²) in [5, 5.41) is 4.89. The monoisotopic (exact) mass is 271 g/mol. The first-order valence-corrected chi connectivity index (χ1v) is 6.80. The lowest BCUT2D eigenvalue weighted by atomic mass is 10.1. The average Bonchev–Trinajstić information content (AvgIpc) is 2.37. The highest BCUT2D eigenvalue weighted by molar-refractivity contribution is 5.91. The Morgan fingerprint density at radius 2 is 1.68 bits per heavy atom. The second-order valence-electron chi connectivity index (χ2n) is 4.56. The van der Waals surface area contributed by atoms with Crippen LogP contribution in [0.5, 0.6) is 0 Å². The number of amides is 3. The molecule has 0 spiro atoms. The number of nitrogens with two attached hydrogens (primary N) is 1. The fourth-order valence-corrected chi connectivity index (χ4v) is 1.67. The van der Waals surface area contributed by atoms with E-state index in [4.69, 9.17) is 5.73 Å². The maximum Gasteiger partial charge on any atom is 0.240 e. The highest BCUT2D eigenvalue weighted by Crippen LogP contribution is 2.05. The van der Waals surface area contributed by atoms with Crippen molar-refractivity contribution in [2.24, 2.45) is 5.73 Å². The summed E-state index contributed by atoms with van der Waals surface area (Å²) in [4.78, 5) is 33.9. The number of hydrogen-bond donors (Lipinski definition) is 3. The second-order valence-corrected chi connectivity index (χ2v) is 4.56. The van der Waals surface area contributed by atoms with Crippen molar-refractivity contribution in [2.75, 3.05) is 7.05 Å². The predicted octanol–water partition coefficient (Wildman–Crippen LogP) is 0.453. The van der Waals surface area contributed by atoms with Gasteiger partial charge in [0.1, 0.15) is 6.04 Å². The summed E-state index contributed by atoms with van der Waals surface area (Å²) in [7, 11) is 1.47. The van der Waals surface area contributed by atoms with Crippen molar-refractivity contribution in [2.45, 2.75) is 57.9 Å². The normalized spacial score (nSPS) is 11.7. The Bertz CT molecular complexity index is 306. The Morgan fingerprint density at radius 1 is 1.05 bits per heavy atom. The van der Waals surface area contributed by atoms with Crippen LogP contribution in [0.15, 0.2) is 0 Å². The molecule has 3 amide bonds. The molecule has 6 nitrogen and oxygen atoms in total. The number of carbonyl (C=O) groups is 3. The topological polar surface area (TPSA) is 101 Å². The van der Waals surface area contributed by atoms with E-state index in [2.05, 4.69) is 17.6 Å². The third kappa shape index (κ3) is 9.04. The minimum atomic E-state index is -0.928. The van der Waals surface area contributed by atoms with Gasteiger partial charge >= 0.3 is 0 Å². The summed E-state index contributed by atoms with van der Waals surface area (Å²) < 4.78 is 0. The van der Waals surface area contributed by atoms with Crippen molar-refractivity contribution in [3.05, 3.63) is 0 Å². The largest absolute Gasteiger partial charge is 0.368 e. The first-order valence-electron chi connectivity index (χ1n) is 6.80. The molecule has 0 rings (SSSR count). The van der Waals surface area contributed by atoms with Crippen molar-refractivity contribution >= 4 is 17.7 Å². The Labute approximate surface area is 114 Å². The van der Waals surface area contributed by atoms with Crippen molar-refractivity contribution in [3.63, 3.8) is 0 Å².